The van der Waals surface area contributed by atoms with Crippen LogP contribution in [-0.4, -0.2) is 52.2 Å². The number of ether oxygens (including phenoxy) is 1. The van der Waals surface area contributed by atoms with Crippen molar-refractivity contribution < 1.29 is 19.4 Å². The summed E-state index contributed by atoms with van der Waals surface area (Å²) in [4.78, 5) is 28.0. The van der Waals surface area contributed by atoms with Gasteiger partial charge in [-0.05, 0) is 6.92 Å². The van der Waals surface area contributed by atoms with Crippen molar-refractivity contribution in [2.24, 2.45) is 0 Å². The molecule has 1 aromatic heterocycles. The van der Waals surface area contributed by atoms with Crippen molar-refractivity contribution in [3.63, 3.8) is 0 Å². The van der Waals surface area contributed by atoms with Crippen LogP contribution in [-0.2, 0) is 20.7 Å². The fraction of sp³-hybridized carbons (Fsp3) is 0.545. The number of rotatable bonds is 5. The van der Waals surface area contributed by atoms with Crippen LogP contribution in [0.4, 0.5) is 5.13 Å². The largest absolute Gasteiger partial charge is 0.480 e. The Balaban J connectivity index is 1.79. The van der Waals surface area contributed by atoms with Crippen molar-refractivity contribution in [1.29, 1.82) is 0 Å². The molecule has 7 nitrogen and oxygen atoms in total. The Morgan fingerprint density at radius 1 is 1.63 bits per heavy atom. The molecule has 0 spiro atoms. The van der Waals surface area contributed by atoms with E-state index in [9.17, 15) is 9.59 Å². The number of carbonyl (C=O) groups is 2. The highest BCUT2D eigenvalue weighted by molar-refractivity contribution is 7.13. The minimum atomic E-state index is -1.01. The molecule has 0 bridgehead atoms. The lowest BCUT2D eigenvalue weighted by Gasteiger charge is -2.47. The number of hydrogen-bond acceptors (Lipinski definition) is 6. The first-order valence-electron chi connectivity index (χ1n) is 5.71. The molecule has 0 atom stereocenters. The number of carboxylic acid groups (broad SMARTS) is 1. The number of aromatic nitrogens is 1. The molecule has 1 aromatic rings. The molecular weight excluding hydrogens is 270 g/mol. The fourth-order valence-corrected chi connectivity index (χ4v) is 2.50. The Labute approximate surface area is 114 Å². The second kappa shape index (κ2) is 5.14. The Morgan fingerprint density at radius 3 is 2.84 bits per heavy atom. The van der Waals surface area contributed by atoms with Crippen LogP contribution in [0.25, 0.3) is 0 Å². The van der Waals surface area contributed by atoms with Crippen LogP contribution < -0.4 is 5.73 Å². The number of anilines is 1. The summed E-state index contributed by atoms with van der Waals surface area (Å²) in [6.07, 6.45) is 0.211. The number of thiazole rings is 1. The normalized spacial score (nSPS) is 17.0. The van der Waals surface area contributed by atoms with Gasteiger partial charge in [0.1, 0.15) is 12.2 Å². The number of nitrogens with zero attached hydrogens (tertiary/aromatic N) is 2. The van der Waals surface area contributed by atoms with Crippen molar-refractivity contribution in [3.8, 4) is 0 Å². The average Bonchev–Trinajstić information content (AvgIpc) is 2.68. The highest BCUT2D eigenvalue weighted by Gasteiger charge is 2.42. The monoisotopic (exact) mass is 285 g/mol. The van der Waals surface area contributed by atoms with Gasteiger partial charge in [0, 0.05) is 5.38 Å². The lowest BCUT2D eigenvalue weighted by molar-refractivity contribution is -0.172. The number of carboxylic acids is 1. The van der Waals surface area contributed by atoms with Crippen molar-refractivity contribution in [3.05, 3.63) is 11.1 Å². The van der Waals surface area contributed by atoms with E-state index in [4.69, 9.17) is 15.6 Å². The Kier molecular flexibility index (Phi) is 3.72. The first-order valence-corrected chi connectivity index (χ1v) is 6.59. The van der Waals surface area contributed by atoms with Crippen LogP contribution in [0.2, 0.25) is 0 Å². The van der Waals surface area contributed by atoms with E-state index >= 15 is 0 Å². The van der Waals surface area contributed by atoms with Crippen LogP contribution in [0.5, 0.6) is 0 Å². The molecule has 1 saturated heterocycles. The second-order valence-corrected chi connectivity index (χ2v) is 5.63. The van der Waals surface area contributed by atoms with Gasteiger partial charge >= 0.3 is 5.97 Å². The lowest BCUT2D eigenvalue weighted by Crippen LogP contribution is -2.63. The predicted octanol–water partition coefficient (Wildman–Crippen LogP) is -0.0301. The van der Waals surface area contributed by atoms with Crippen molar-refractivity contribution in [1.82, 2.24) is 9.88 Å². The number of likely N-dealkylation sites (tertiary alicyclic amines) is 1. The van der Waals surface area contributed by atoms with E-state index in [1.165, 1.54) is 11.3 Å². The van der Waals surface area contributed by atoms with Gasteiger partial charge in [0.25, 0.3) is 0 Å². The zero-order chi connectivity index (χ0) is 14.0. The van der Waals surface area contributed by atoms with Gasteiger partial charge in [-0.2, -0.15) is 0 Å². The minimum absolute atomic E-state index is 0.0540. The highest BCUT2D eigenvalue weighted by atomic mass is 32.1. The van der Waals surface area contributed by atoms with Gasteiger partial charge in [-0.3, -0.25) is 4.79 Å². The first kappa shape index (κ1) is 13.8. The summed E-state index contributed by atoms with van der Waals surface area (Å²) in [6.45, 7) is 2.25. The second-order valence-electron chi connectivity index (χ2n) is 4.74. The van der Waals surface area contributed by atoms with Gasteiger partial charge < -0.3 is 20.5 Å². The zero-order valence-electron chi connectivity index (χ0n) is 10.5. The number of amides is 1. The van der Waals surface area contributed by atoms with Crippen LogP contribution in [0, 0.1) is 0 Å². The van der Waals surface area contributed by atoms with Gasteiger partial charge in [-0.15, -0.1) is 11.3 Å². The molecule has 0 saturated carbocycles. The average molecular weight is 285 g/mol. The van der Waals surface area contributed by atoms with Gasteiger partial charge in [0.15, 0.2) is 5.13 Å². The standard InChI is InChI=1S/C11H15N3O4S/c1-11(18-3-9(16)17)5-14(6-11)8(15)2-7-4-19-10(12)13-7/h4H,2-3,5-6H2,1H3,(H2,12,13)(H,16,17). The summed E-state index contributed by atoms with van der Waals surface area (Å²) >= 11 is 1.30. The number of nitrogen functional groups attached to an aromatic ring is 1. The summed E-state index contributed by atoms with van der Waals surface area (Å²) in [5.74, 6) is -1.06. The molecule has 0 radical (unpaired) electrons. The molecule has 1 aliphatic rings. The molecule has 1 fully saturated rings. The van der Waals surface area contributed by atoms with E-state index in [0.29, 0.717) is 23.9 Å². The van der Waals surface area contributed by atoms with E-state index in [-0.39, 0.29) is 18.9 Å². The predicted molar refractivity (Wildman–Crippen MR) is 68.8 cm³/mol. The highest BCUT2D eigenvalue weighted by Crippen LogP contribution is 2.25. The molecule has 2 heterocycles. The fourth-order valence-electron chi connectivity index (χ4n) is 1.94. The van der Waals surface area contributed by atoms with Gasteiger partial charge in [0.05, 0.1) is 25.2 Å². The Hall–Kier alpha value is -1.67. The summed E-state index contributed by atoms with van der Waals surface area (Å²) in [5.41, 5.74) is 5.59. The van der Waals surface area contributed by atoms with Crippen LogP contribution in [0.1, 0.15) is 12.6 Å². The topological polar surface area (TPSA) is 106 Å². The molecule has 0 aliphatic carbocycles. The molecule has 104 valence electrons. The lowest BCUT2D eigenvalue weighted by atomic mass is 9.96. The molecule has 1 aliphatic heterocycles. The number of aliphatic carboxylic acids is 1. The van der Waals surface area contributed by atoms with Crippen molar-refractivity contribution in [2.75, 3.05) is 25.4 Å². The van der Waals surface area contributed by atoms with Crippen LogP contribution in [0.15, 0.2) is 5.38 Å². The molecule has 8 heteroatoms. The number of hydrogen-bond donors (Lipinski definition) is 2. The SMILES string of the molecule is CC1(OCC(=O)O)CN(C(=O)Cc2csc(N)n2)C1. The van der Waals surface area contributed by atoms with E-state index in [2.05, 4.69) is 4.98 Å². The molecule has 1 amide bonds. The zero-order valence-corrected chi connectivity index (χ0v) is 11.3. The summed E-state index contributed by atoms with van der Waals surface area (Å²) in [6, 6.07) is 0. The molecule has 19 heavy (non-hydrogen) atoms. The minimum Gasteiger partial charge on any atom is -0.480 e. The maximum atomic E-state index is 11.9. The number of nitrogens with two attached hydrogens (primary N) is 1. The van der Waals surface area contributed by atoms with Crippen LogP contribution >= 0.6 is 11.3 Å². The maximum Gasteiger partial charge on any atom is 0.329 e. The van der Waals surface area contributed by atoms with Crippen molar-refractivity contribution >= 4 is 28.3 Å². The molecule has 2 rings (SSSR count). The first-order chi connectivity index (χ1) is 8.88. The molecule has 0 aromatic carbocycles. The van der Waals surface area contributed by atoms with E-state index in [0.717, 1.165) is 0 Å². The van der Waals surface area contributed by atoms with Gasteiger partial charge in [-0.25, -0.2) is 9.78 Å². The third-order valence-electron chi connectivity index (χ3n) is 2.85. The van der Waals surface area contributed by atoms with Gasteiger partial charge in [-0.1, -0.05) is 0 Å². The summed E-state index contributed by atoms with van der Waals surface area (Å²) in [7, 11) is 0. The van der Waals surface area contributed by atoms with E-state index in [1.54, 1.807) is 17.2 Å². The van der Waals surface area contributed by atoms with Crippen molar-refractivity contribution in [2.45, 2.75) is 18.9 Å². The summed E-state index contributed by atoms with van der Waals surface area (Å²) in [5, 5.41) is 10.7. The Morgan fingerprint density at radius 2 is 2.32 bits per heavy atom. The number of carbonyl (C=O) groups excluding carboxylic acids is 1. The van der Waals surface area contributed by atoms with Crippen LogP contribution in [0.3, 0.4) is 0 Å². The third kappa shape index (κ3) is 3.42. The smallest absolute Gasteiger partial charge is 0.329 e. The third-order valence-corrected chi connectivity index (χ3v) is 3.57. The molecule has 0 unspecified atom stereocenters. The molecule has 3 N–H and O–H groups in total. The van der Waals surface area contributed by atoms with E-state index in [1.807, 2.05) is 0 Å². The summed E-state index contributed by atoms with van der Waals surface area (Å²) < 4.78 is 5.23. The quantitative estimate of drug-likeness (QED) is 0.787. The van der Waals surface area contributed by atoms with E-state index < -0.39 is 11.6 Å². The Bertz CT molecular complexity index is 496. The maximum absolute atomic E-state index is 11.9. The van der Waals surface area contributed by atoms with Gasteiger partial charge in [0.2, 0.25) is 5.91 Å². The molecular formula is C11H15N3O4S.